The number of hydrogen-bond donors (Lipinski definition) is 4. The summed E-state index contributed by atoms with van der Waals surface area (Å²) in [7, 11) is 0. The van der Waals surface area contributed by atoms with Crippen LogP contribution in [0.2, 0.25) is 0 Å². The molecule has 0 aliphatic carbocycles. The van der Waals surface area contributed by atoms with Crippen molar-refractivity contribution in [2.75, 3.05) is 0 Å². The molecule has 5 N–H and O–H groups in total. The summed E-state index contributed by atoms with van der Waals surface area (Å²) in [6.07, 6.45) is -3.12. The number of carbonyl (C=O) groups is 2. The van der Waals surface area contributed by atoms with Crippen LogP contribution in [-0.4, -0.2) is 38.3 Å². The number of pyridine rings is 1. The van der Waals surface area contributed by atoms with Gasteiger partial charge in [-0.3, -0.25) is 9.78 Å². The van der Waals surface area contributed by atoms with E-state index < -0.39 is 47.6 Å². The standard InChI is InChI=1S/C10H11FN2O5/c11-7-4(10(17)18)1-2-13-8(7)9(16)5(14)3-6(12)15/h1-2,5,9,14,16H,3H2,(H2,12,15)(H,17,18). The Bertz CT molecular complexity index is 479. The minimum atomic E-state index is -1.84. The number of nitrogens with zero attached hydrogens (tertiary/aromatic N) is 1. The molecule has 0 aromatic carbocycles. The monoisotopic (exact) mass is 258 g/mol. The Labute approximate surface area is 101 Å². The highest BCUT2D eigenvalue weighted by Crippen LogP contribution is 2.21. The molecule has 0 bridgehead atoms. The number of halogens is 1. The number of carboxylic acid groups (broad SMARTS) is 1. The number of aromatic nitrogens is 1. The molecule has 98 valence electrons. The molecule has 1 amide bonds. The van der Waals surface area contributed by atoms with Crippen LogP contribution in [0.5, 0.6) is 0 Å². The van der Waals surface area contributed by atoms with Crippen molar-refractivity contribution in [3.05, 3.63) is 29.3 Å². The number of aliphatic hydroxyl groups is 2. The van der Waals surface area contributed by atoms with E-state index in [0.29, 0.717) is 0 Å². The van der Waals surface area contributed by atoms with Crippen LogP contribution < -0.4 is 5.73 Å². The summed E-state index contributed by atoms with van der Waals surface area (Å²) in [5.41, 5.74) is 3.47. The molecular weight excluding hydrogens is 247 g/mol. The zero-order valence-corrected chi connectivity index (χ0v) is 9.08. The Morgan fingerprint density at radius 3 is 2.56 bits per heavy atom. The molecule has 2 unspecified atom stereocenters. The number of carbonyl (C=O) groups excluding carboxylic acids is 1. The van der Waals surface area contributed by atoms with Gasteiger partial charge in [-0.1, -0.05) is 0 Å². The van der Waals surface area contributed by atoms with Crippen LogP contribution in [0.25, 0.3) is 0 Å². The molecule has 0 aliphatic rings. The van der Waals surface area contributed by atoms with Crippen molar-refractivity contribution >= 4 is 11.9 Å². The van der Waals surface area contributed by atoms with Gasteiger partial charge in [-0.15, -0.1) is 0 Å². The average Bonchev–Trinajstić information content (AvgIpc) is 2.27. The van der Waals surface area contributed by atoms with Crippen LogP contribution in [0.4, 0.5) is 4.39 Å². The van der Waals surface area contributed by atoms with Gasteiger partial charge in [0.15, 0.2) is 5.82 Å². The van der Waals surface area contributed by atoms with Gasteiger partial charge in [-0.25, -0.2) is 9.18 Å². The molecule has 7 nitrogen and oxygen atoms in total. The molecular formula is C10H11FN2O5. The lowest BCUT2D eigenvalue weighted by molar-refractivity contribution is -0.121. The number of hydrogen-bond acceptors (Lipinski definition) is 5. The molecule has 2 atom stereocenters. The normalized spacial score (nSPS) is 13.9. The summed E-state index contributed by atoms with van der Waals surface area (Å²) in [6, 6.07) is 0.911. The summed E-state index contributed by atoms with van der Waals surface area (Å²) < 4.78 is 13.6. The maximum absolute atomic E-state index is 13.6. The Balaban J connectivity index is 3.06. The number of rotatable bonds is 5. The number of aliphatic hydroxyl groups excluding tert-OH is 2. The van der Waals surface area contributed by atoms with Crippen molar-refractivity contribution in [3.8, 4) is 0 Å². The first-order valence-electron chi connectivity index (χ1n) is 4.86. The molecule has 0 radical (unpaired) electrons. The predicted molar refractivity (Wildman–Crippen MR) is 55.9 cm³/mol. The molecule has 1 rings (SSSR count). The molecule has 0 saturated carbocycles. The van der Waals surface area contributed by atoms with Crippen LogP contribution in [0.3, 0.4) is 0 Å². The van der Waals surface area contributed by atoms with E-state index >= 15 is 0 Å². The van der Waals surface area contributed by atoms with E-state index in [1.54, 1.807) is 0 Å². The highest BCUT2D eigenvalue weighted by atomic mass is 19.1. The van der Waals surface area contributed by atoms with E-state index in [1.807, 2.05) is 0 Å². The van der Waals surface area contributed by atoms with Gasteiger partial charge in [-0.05, 0) is 6.07 Å². The summed E-state index contributed by atoms with van der Waals surface area (Å²) in [4.78, 5) is 24.7. The van der Waals surface area contributed by atoms with Crippen molar-refractivity contribution in [1.82, 2.24) is 4.98 Å². The SMILES string of the molecule is NC(=O)CC(O)C(O)c1nccc(C(=O)O)c1F. The summed E-state index contributed by atoms with van der Waals surface area (Å²) in [5, 5.41) is 27.6. The van der Waals surface area contributed by atoms with Gasteiger partial charge in [-0.2, -0.15) is 0 Å². The Kier molecular flexibility index (Phi) is 4.29. The molecule has 1 aromatic rings. The quantitative estimate of drug-likeness (QED) is 0.545. The minimum absolute atomic E-state index is 0.598. The molecule has 0 spiro atoms. The van der Waals surface area contributed by atoms with Gasteiger partial charge in [0.05, 0.1) is 18.1 Å². The van der Waals surface area contributed by atoms with Crippen molar-refractivity contribution in [2.45, 2.75) is 18.6 Å². The van der Waals surface area contributed by atoms with E-state index in [9.17, 15) is 24.2 Å². The van der Waals surface area contributed by atoms with Gasteiger partial charge in [0, 0.05) is 6.20 Å². The van der Waals surface area contributed by atoms with Crippen molar-refractivity contribution in [2.24, 2.45) is 5.73 Å². The van der Waals surface area contributed by atoms with Gasteiger partial charge in [0.25, 0.3) is 0 Å². The van der Waals surface area contributed by atoms with Gasteiger partial charge < -0.3 is 21.1 Å². The van der Waals surface area contributed by atoms with Crippen LogP contribution in [0.15, 0.2) is 12.3 Å². The molecule has 1 aromatic heterocycles. The van der Waals surface area contributed by atoms with Crippen LogP contribution >= 0.6 is 0 Å². The summed E-state index contributed by atoms with van der Waals surface area (Å²) in [6.45, 7) is 0. The van der Waals surface area contributed by atoms with Crippen molar-refractivity contribution < 1.29 is 29.3 Å². The van der Waals surface area contributed by atoms with E-state index in [0.717, 1.165) is 12.3 Å². The Morgan fingerprint density at radius 1 is 1.44 bits per heavy atom. The minimum Gasteiger partial charge on any atom is -0.478 e. The maximum atomic E-state index is 13.6. The molecule has 0 aliphatic heterocycles. The second-order valence-corrected chi connectivity index (χ2v) is 3.55. The van der Waals surface area contributed by atoms with Gasteiger partial charge in [0.2, 0.25) is 5.91 Å². The second-order valence-electron chi connectivity index (χ2n) is 3.55. The van der Waals surface area contributed by atoms with E-state index in [1.165, 1.54) is 0 Å². The highest BCUT2D eigenvalue weighted by Gasteiger charge is 2.27. The zero-order chi connectivity index (χ0) is 13.9. The summed E-state index contributed by atoms with van der Waals surface area (Å²) in [5.74, 6) is -3.69. The fraction of sp³-hybridized carbons (Fsp3) is 0.300. The fourth-order valence-electron chi connectivity index (χ4n) is 1.33. The average molecular weight is 258 g/mol. The number of carboxylic acids is 1. The third-order valence-electron chi connectivity index (χ3n) is 2.20. The lowest BCUT2D eigenvalue weighted by atomic mass is 10.0. The van der Waals surface area contributed by atoms with Crippen LogP contribution in [0.1, 0.15) is 28.6 Å². The first-order chi connectivity index (χ1) is 8.34. The Hall–Kier alpha value is -2.06. The topological polar surface area (TPSA) is 134 Å². The molecule has 18 heavy (non-hydrogen) atoms. The van der Waals surface area contributed by atoms with E-state index in [-0.39, 0.29) is 0 Å². The lowest BCUT2D eigenvalue weighted by Crippen LogP contribution is -2.27. The van der Waals surface area contributed by atoms with E-state index in [4.69, 9.17) is 10.8 Å². The largest absolute Gasteiger partial charge is 0.478 e. The molecule has 0 saturated heterocycles. The van der Waals surface area contributed by atoms with Crippen molar-refractivity contribution in [3.63, 3.8) is 0 Å². The van der Waals surface area contributed by atoms with Gasteiger partial charge in [0.1, 0.15) is 11.8 Å². The van der Waals surface area contributed by atoms with E-state index in [2.05, 4.69) is 4.98 Å². The number of nitrogens with two attached hydrogens (primary N) is 1. The number of amides is 1. The number of aromatic carboxylic acids is 1. The molecule has 1 heterocycles. The third-order valence-corrected chi connectivity index (χ3v) is 2.20. The third kappa shape index (κ3) is 2.99. The Morgan fingerprint density at radius 2 is 2.06 bits per heavy atom. The van der Waals surface area contributed by atoms with Crippen molar-refractivity contribution in [1.29, 1.82) is 0 Å². The molecule has 8 heteroatoms. The predicted octanol–water partition coefficient (Wildman–Crippen LogP) is -0.811. The summed E-state index contributed by atoms with van der Waals surface area (Å²) >= 11 is 0. The zero-order valence-electron chi connectivity index (χ0n) is 9.08. The van der Waals surface area contributed by atoms with Crippen LogP contribution in [0, 0.1) is 5.82 Å². The number of primary amides is 1. The second kappa shape index (κ2) is 5.52. The lowest BCUT2D eigenvalue weighted by Gasteiger charge is -2.16. The van der Waals surface area contributed by atoms with Crippen LogP contribution in [-0.2, 0) is 4.79 Å². The fourth-order valence-corrected chi connectivity index (χ4v) is 1.33. The molecule has 0 fully saturated rings. The highest BCUT2D eigenvalue weighted by molar-refractivity contribution is 5.87. The first kappa shape index (κ1) is 14.0. The smallest absolute Gasteiger partial charge is 0.338 e. The maximum Gasteiger partial charge on any atom is 0.338 e. The first-order valence-corrected chi connectivity index (χ1v) is 4.86. The van der Waals surface area contributed by atoms with Gasteiger partial charge >= 0.3 is 5.97 Å².